The van der Waals surface area contributed by atoms with Crippen LogP contribution < -0.4 is 10.2 Å². The third-order valence-corrected chi connectivity index (χ3v) is 5.06. The highest BCUT2D eigenvalue weighted by Crippen LogP contribution is 2.33. The van der Waals surface area contributed by atoms with Crippen molar-refractivity contribution in [3.05, 3.63) is 45.5 Å². The number of amides is 1. The summed E-state index contributed by atoms with van der Waals surface area (Å²) in [5.74, 6) is -0.633. The molecule has 1 N–H and O–H groups in total. The van der Waals surface area contributed by atoms with E-state index in [2.05, 4.69) is 10.3 Å². The Kier molecular flexibility index (Phi) is 5.27. The third-order valence-electron chi connectivity index (χ3n) is 4.37. The topological polar surface area (TPSA) is 105 Å². The smallest absolute Gasteiger partial charge is 0.293 e. The van der Waals surface area contributed by atoms with Crippen LogP contribution in [-0.4, -0.2) is 34.7 Å². The molecule has 1 aliphatic heterocycles. The minimum absolute atomic E-state index is 0.112. The Hall–Kier alpha value is -2.81. The summed E-state index contributed by atoms with van der Waals surface area (Å²) in [6.45, 7) is 2.39. The monoisotopic (exact) mass is 374 g/mol. The zero-order valence-electron chi connectivity index (χ0n) is 14.2. The van der Waals surface area contributed by atoms with Gasteiger partial charge in [0.2, 0.25) is 5.91 Å². The summed E-state index contributed by atoms with van der Waals surface area (Å²) in [5.41, 5.74) is 0.626. The number of piperidine rings is 1. The Labute approximate surface area is 154 Å². The van der Waals surface area contributed by atoms with E-state index >= 15 is 0 Å². The number of thiazole rings is 1. The SMILES string of the molecule is CC(=O)c1ccc(N2CCC[C@H](C(=O)Nc3nccs3)C2)c([N+](=O)[O-])c1. The van der Waals surface area contributed by atoms with Crippen molar-refractivity contribution >= 4 is 39.5 Å². The molecule has 1 aromatic carbocycles. The molecule has 2 heterocycles. The number of carbonyl (C=O) groups is 2. The molecule has 2 aromatic rings. The number of carbonyl (C=O) groups excluding carboxylic acids is 2. The molecule has 1 aliphatic rings. The van der Waals surface area contributed by atoms with Gasteiger partial charge >= 0.3 is 0 Å². The molecule has 26 heavy (non-hydrogen) atoms. The molecule has 9 heteroatoms. The Morgan fingerprint density at radius 3 is 2.88 bits per heavy atom. The molecule has 1 fully saturated rings. The lowest BCUT2D eigenvalue weighted by atomic mass is 9.96. The minimum atomic E-state index is -0.485. The first-order valence-corrected chi connectivity index (χ1v) is 9.08. The molecule has 1 amide bonds. The predicted molar refractivity (Wildman–Crippen MR) is 98.8 cm³/mol. The Morgan fingerprint density at radius 1 is 1.42 bits per heavy atom. The number of hydrogen-bond acceptors (Lipinski definition) is 7. The van der Waals surface area contributed by atoms with E-state index in [4.69, 9.17) is 0 Å². The van der Waals surface area contributed by atoms with Crippen LogP contribution in [0.1, 0.15) is 30.1 Å². The van der Waals surface area contributed by atoms with E-state index in [0.717, 1.165) is 6.42 Å². The fourth-order valence-electron chi connectivity index (χ4n) is 3.06. The first-order chi connectivity index (χ1) is 12.5. The summed E-state index contributed by atoms with van der Waals surface area (Å²) in [5, 5.41) is 16.6. The number of nitro groups is 1. The molecule has 1 atom stereocenters. The maximum Gasteiger partial charge on any atom is 0.293 e. The van der Waals surface area contributed by atoms with Gasteiger partial charge in [-0.1, -0.05) is 0 Å². The van der Waals surface area contributed by atoms with Gasteiger partial charge in [0, 0.05) is 36.3 Å². The zero-order valence-corrected chi connectivity index (χ0v) is 15.0. The van der Waals surface area contributed by atoms with Gasteiger partial charge < -0.3 is 10.2 Å². The molecule has 0 aliphatic carbocycles. The average molecular weight is 374 g/mol. The lowest BCUT2D eigenvalue weighted by Gasteiger charge is -2.33. The molecule has 8 nitrogen and oxygen atoms in total. The molecule has 0 unspecified atom stereocenters. The van der Waals surface area contributed by atoms with Gasteiger partial charge in [0.15, 0.2) is 10.9 Å². The van der Waals surface area contributed by atoms with Crippen molar-refractivity contribution in [2.24, 2.45) is 5.92 Å². The summed E-state index contributed by atoms with van der Waals surface area (Å²) in [4.78, 5) is 40.8. The van der Waals surface area contributed by atoms with Crippen LogP contribution in [0.4, 0.5) is 16.5 Å². The normalized spacial score (nSPS) is 17.0. The summed E-state index contributed by atoms with van der Waals surface area (Å²) in [6.07, 6.45) is 3.09. The second kappa shape index (κ2) is 7.61. The van der Waals surface area contributed by atoms with Gasteiger partial charge in [-0.05, 0) is 31.9 Å². The Balaban J connectivity index is 1.79. The quantitative estimate of drug-likeness (QED) is 0.490. The summed E-state index contributed by atoms with van der Waals surface area (Å²) in [6, 6.07) is 4.48. The number of rotatable bonds is 5. The second-order valence-corrected chi connectivity index (χ2v) is 7.02. The third kappa shape index (κ3) is 3.88. The van der Waals surface area contributed by atoms with Gasteiger partial charge in [-0.15, -0.1) is 11.3 Å². The molecule has 3 rings (SSSR count). The molecule has 0 bridgehead atoms. The van der Waals surface area contributed by atoms with Crippen LogP contribution in [0.15, 0.2) is 29.8 Å². The average Bonchev–Trinajstić information content (AvgIpc) is 3.14. The second-order valence-electron chi connectivity index (χ2n) is 6.13. The largest absolute Gasteiger partial charge is 0.365 e. The first-order valence-electron chi connectivity index (χ1n) is 8.20. The van der Waals surface area contributed by atoms with Crippen molar-refractivity contribution in [2.45, 2.75) is 19.8 Å². The summed E-state index contributed by atoms with van der Waals surface area (Å²) >= 11 is 1.35. The van der Waals surface area contributed by atoms with Gasteiger partial charge in [0.25, 0.3) is 5.69 Å². The van der Waals surface area contributed by atoms with Crippen LogP contribution in [0, 0.1) is 16.0 Å². The van der Waals surface area contributed by atoms with E-state index in [1.54, 1.807) is 23.7 Å². The lowest BCUT2D eigenvalue weighted by molar-refractivity contribution is -0.384. The van der Waals surface area contributed by atoms with Crippen molar-refractivity contribution in [3.8, 4) is 0 Å². The predicted octanol–water partition coefficient (Wildman–Crippen LogP) is 3.11. The molecule has 0 spiro atoms. The van der Waals surface area contributed by atoms with E-state index in [9.17, 15) is 19.7 Å². The number of nitro benzene ring substituents is 1. The van der Waals surface area contributed by atoms with Crippen molar-refractivity contribution < 1.29 is 14.5 Å². The molecule has 0 radical (unpaired) electrons. The maximum absolute atomic E-state index is 12.5. The van der Waals surface area contributed by atoms with Crippen molar-refractivity contribution in [1.29, 1.82) is 0 Å². The van der Waals surface area contributed by atoms with E-state index in [0.29, 0.717) is 35.9 Å². The van der Waals surface area contributed by atoms with Crippen molar-refractivity contribution in [2.75, 3.05) is 23.3 Å². The van der Waals surface area contributed by atoms with Gasteiger partial charge in [0.05, 0.1) is 10.8 Å². The standard InChI is InChI=1S/C17H18N4O4S/c1-11(22)12-4-5-14(15(9-12)21(24)25)20-7-2-3-13(10-20)16(23)19-17-18-6-8-26-17/h4-6,8-9,13H,2-3,7,10H2,1H3,(H,18,19,23)/t13-/m0/s1. The van der Waals surface area contributed by atoms with Gasteiger partial charge in [-0.25, -0.2) is 4.98 Å². The van der Waals surface area contributed by atoms with Crippen molar-refractivity contribution in [1.82, 2.24) is 4.98 Å². The van der Waals surface area contributed by atoms with Crippen LogP contribution >= 0.6 is 11.3 Å². The van der Waals surface area contributed by atoms with E-state index in [1.165, 1.54) is 24.3 Å². The number of aromatic nitrogens is 1. The molecular weight excluding hydrogens is 356 g/mol. The number of hydrogen-bond donors (Lipinski definition) is 1. The molecule has 1 saturated heterocycles. The van der Waals surface area contributed by atoms with E-state index in [-0.39, 0.29) is 23.3 Å². The van der Waals surface area contributed by atoms with E-state index < -0.39 is 4.92 Å². The number of nitrogens with zero attached hydrogens (tertiary/aromatic N) is 3. The van der Waals surface area contributed by atoms with E-state index in [1.807, 2.05) is 4.90 Å². The zero-order chi connectivity index (χ0) is 18.7. The van der Waals surface area contributed by atoms with Crippen molar-refractivity contribution in [3.63, 3.8) is 0 Å². The Morgan fingerprint density at radius 2 is 2.23 bits per heavy atom. The number of benzene rings is 1. The fraction of sp³-hybridized carbons (Fsp3) is 0.353. The van der Waals surface area contributed by atoms with Crippen LogP contribution in [0.2, 0.25) is 0 Å². The fourth-order valence-corrected chi connectivity index (χ4v) is 3.59. The highest BCUT2D eigenvalue weighted by atomic mass is 32.1. The minimum Gasteiger partial charge on any atom is -0.365 e. The number of ketones is 1. The molecule has 136 valence electrons. The number of nitrogens with one attached hydrogen (secondary N) is 1. The van der Waals surface area contributed by atoms with Crippen LogP contribution in [0.25, 0.3) is 0 Å². The number of Topliss-reactive ketones (excluding diaryl/α,β-unsaturated/α-hetero) is 1. The molecule has 0 saturated carbocycles. The lowest BCUT2D eigenvalue weighted by Crippen LogP contribution is -2.41. The van der Waals surface area contributed by atoms with Gasteiger partial charge in [-0.2, -0.15) is 0 Å². The highest BCUT2D eigenvalue weighted by molar-refractivity contribution is 7.13. The number of anilines is 2. The van der Waals surface area contributed by atoms with Crippen LogP contribution in [0.3, 0.4) is 0 Å². The van der Waals surface area contributed by atoms with Gasteiger partial charge in [0.1, 0.15) is 5.69 Å². The van der Waals surface area contributed by atoms with Gasteiger partial charge in [-0.3, -0.25) is 19.7 Å². The summed E-state index contributed by atoms with van der Waals surface area (Å²) < 4.78 is 0. The maximum atomic E-state index is 12.5. The molecular formula is C17H18N4O4S. The highest BCUT2D eigenvalue weighted by Gasteiger charge is 2.30. The van der Waals surface area contributed by atoms with Crippen LogP contribution in [-0.2, 0) is 4.79 Å². The Bertz CT molecular complexity index is 837. The first kappa shape index (κ1) is 18.0. The molecule has 1 aromatic heterocycles. The van der Waals surface area contributed by atoms with Crippen LogP contribution in [0.5, 0.6) is 0 Å². The summed E-state index contributed by atoms with van der Waals surface area (Å²) in [7, 11) is 0.